The fourth-order valence-corrected chi connectivity index (χ4v) is 0.604. The minimum atomic E-state index is 0.760. The van der Waals surface area contributed by atoms with Crippen molar-refractivity contribution in [2.75, 3.05) is 7.11 Å². The van der Waals surface area contributed by atoms with Crippen LogP contribution in [0, 0.1) is 0 Å². The number of hydrogen-bond donors (Lipinski definition) is 1. The monoisotopic (exact) mass is 123 g/mol. The minimum absolute atomic E-state index is 0.760. The predicted molar refractivity (Wildman–Crippen MR) is 34.6 cm³/mol. The highest BCUT2D eigenvalue weighted by Gasteiger charge is 1.90. The zero-order valence-electron chi connectivity index (χ0n) is 5.29. The van der Waals surface area contributed by atoms with Gasteiger partial charge in [-0.2, -0.15) is 5.73 Å². The first kappa shape index (κ1) is 6.11. The Morgan fingerprint density at radius 1 is 1.22 bits per heavy atom. The molecule has 0 heterocycles. The van der Waals surface area contributed by atoms with E-state index in [1.807, 2.05) is 12.1 Å². The van der Waals surface area contributed by atoms with Crippen molar-refractivity contribution < 1.29 is 10.5 Å². The van der Waals surface area contributed by atoms with Gasteiger partial charge in [-0.25, -0.2) is 0 Å². The molecule has 2 nitrogen and oxygen atoms in total. The van der Waals surface area contributed by atoms with E-state index in [0.29, 0.717) is 0 Å². The van der Waals surface area contributed by atoms with Crippen LogP contribution >= 0.6 is 0 Å². The number of methoxy groups -OCH3 is 1. The SMILES string of the molecule is COc1ccc([NH2+])cc1. The molecule has 0 atom stereocenters. The third-order valence-corrected chi connectivity index (χ3v) is 1.12. The number of hydrogen-bond acceptors (Lipinski definition) is 2. The molecule has 0 aliphatic rings. The molecule has 0 unspecified atom stereocenters. The van der Waals surface area contributed by atoms with Gasteiger partial charge in [0.2, 0.25) is 0 Å². The highest BCUT2D eigenvalue weighted by molar-refractivity contribution is 5.34. The van der Waals surface area contributed by atoms with Crippen LogP contribution in [0.3, 0.4) is 0 Å². The molecular weight excluding hydrogens is 114 g/mol. The molecule has 2 N–H and O–H groups in total. The lowest BCUT2D eigenvalue weighted by Gasteiger charge is -1.94. The molecule has 1 radical (unpaired) electrons. The van der Waals surface area contributed by atoms with Crippen LogP contribution in [0.15, 0.2) is 24.3 Å². The maximum absolute atomic E-state index is 5.43. The van der Waals surface area contributed by atoms with Crippen molar-refractivity contribution in [1.82, 2.24) is 0 Å². The number of nitrogen functional groups attached to an aromatic ring is 1. The lowest BCUT2D eigenvalue weighted by Crippen LogP contribution is -2.39. The van der Waals surface area contributed by atoms with Crippen molar-refractivity contribution in [1.29, 1.82) is 0 Å². The average Bonchev–Trinajstić information content (AvgIpc) is 1.90. The summed E-state index contributed by atoms with van der Waals surface area (Å²) in [4.78, 5) is 0. The molecule has 1 rings (SSSR count). The maximum Gasteiger partial charge on any atom is 0.177 e. The van der Waals surface area contributed by atoms with Gasteiger partial charge in [-0.05, 0) is 12.1 Å². The number of nitrogens with two attached hydrogens (primary N) is 1. The lowest BCUT2D eigenvalue weighted by atomic mass is 10.3. The highest BCUT2D eigenvalue weighted by atomic mass is 16.5. The molecular formula is C7H9NO+. The third kappa shape index (κ3) is 1.44. The molecule has 0 saturated heterocycles. The van der Waals surface area contributed by atoms with Crippen LogP contribution in [0.4, 0.5) is 5.69 Å². The van der Waals surface area contributed by atoms with Crippen LogP contribution in [-0.2, 0) is 0 Å². The van der Waals surface area contributed by atoms with E-state index in [9.17, 15) is 0 Å². The Hall–Kier alpha value is -1.02. The molecule has 0 spiro atoms. The first-order valence-corrected chi connectivity index (χ1v) is 2.72. The molecule has 0 aromatic heterocycles. The van der Waals surface area contributed by atoms with Gasteiger partial charge in [0.1, 0.15) is 5.75 Å². The topological polar surface area (TPSA) is 34.5 Å². The molecule has 1 aromatic rings. The number of benzene rings is 1. The summed E-state index contributed by atoms with van der Waals surface area (Å²) in [7, 11) is 1.63. The van der Waals surface area contributed by atoms with Gasteiger partial charge < -0.3 is 4.74 Å². The quantitative estimate of drug-likeness (QED) is 0.537. The third-order valence-electron chi connectivity index (χ3n) is 1.12. The molecule has 0 aliphatic heterocycles. The Morgan fingerprint density at radius 2 is 1.78 bits per heavy atom. The van der Waals surface area contributed by atoms with E-state index in [2.05, 4.69) is 0 Å². The van der Waals surface area contributed by atoms with Crippen LogP contribution in [-0.4, -0.2) is 7.11 Å². The Balaban J connectivity index is 2.88. The standard InChI is InChI=1S/C7H9NO/c1-9-7-4-2-6(8)3-5-7/h2-5H,8H2,1H3/q+1. The van der Waals surface area contributed by atoms with Crippen LogP contribution in [0.25, 0.3) is 0 Å². The maximum atomic E-state index is 5.43. The first-order chi connectivity index (χ1) is 4.33. The fraction of sp³-hybridized carbons (Fsp3) is 0.143. The molecule has 0 bridgehead atoms. The summed E-state index contributed by atoms with van der Waals surface area (Å²) in [5.74, 6) is 0.837. The Labute approximate surface area is 54.2 Å². The second kappa shape index (κ2) is 2.51. The van der Waals surface area contributed by atoms with Gasteiger partial charge >= 0.3 is 0 Å². The predicted octanol–water partition coefficient (Wildman–Crippen LogP) is 0.354. The normalized spacial score (nSPS) is 9.11. The van der Waals surface area contributed by atoms with E-state index in [0.717, 1.165) is 11.4 Å². The summed E-state index contributed by atoms with van der Waals surface area (Å²) in [5, 5.41) is 0. The van der Waals surface area contributed by atoms with Crippen molar-refractivity contribution in [3.05, 3.63) is 24.3 Å². The van der Waals surface area contributed by atoms with E-state index in [1.165, 1.54) is 0 Å². The second-order valence-electron chi connectivity index (χ2n) is 1.77. The molecule has 0 saturated carbocycles. The largest absolute Gasteiger partial charge is 0.497 e. The van der Waals surface area contributed by atoms with Crippen LogP contribution < -0.4 is 10.5 Å². The van der Waals surface area contributed by atoms with Crippen LogP contribution in [0.2, 0.25) is 0 Å². The lowest BCUT2D eigenvalue weighted by molar-refractivity contribution is -0.254. The van der Waals surface area contributed by atoms with Crippen molar-refractivity contribution in [3.8, 4) is 5.75 Å². The first-order valence-electron chi connectivity index (χ1n) is 2.72. The zero-order valence-corrected chi connectivity index (χ0v) is 5.29. The molecule has 0 fully saturated rings. The van der Waals surface area contributed by atoms with Crippen molar-refractivity contribution in [2.45, 2.75) is 0 Å². The van der Waals surface area contributed by atoms with E-state index < -0.39 is 0 Å². The summed E-state index contributed by atoms with van der Waals surface area (Å²) >= 11 is 0. The van der Waals surface area contributed by atoms with Crippen molar-refractivity contribution in [2.24, 2.45) is 0 Å². The van der Waals surface area contributed by atoms with E-state index in [-0.39, 0.29) is 0 Å². The molecule has 9 heavy (non-hydrogen) atoms. The highest BCUT2D eigenvalue weighted by Crippen LogP contribution is 2.10. The molecule has 0 aliphatic carbocycles. The van der Waals surface area contributed by atoms with Gasteiger partial charge in [0, 0.05) is 12.1 Å². The summed E-state index contributed by atoms with van der Waals surface area (Å²) < 4.78 is 4.91. The Bertz CT molecular complexity index is 181. The van der Waals surface area contributed by atoms with Gasteiger partial charge in [0.15, 0.2) is 5.69 Å². The van der Waals surface area contributed by atoms with Crippen LogP contribution in [0.5, 0.6) is 5.75 Å². The summed E-state index contributed by atoms with van der Waals surface area (Å²) in [5.41, 5.74) is 6.19. The number of anilines is 1. The summed E-state index contributed by atoms with van der Waals surface area (Å²) in [6.45, 7) is 0. The molecule has 0 amide bonds. The number of ether oxygens (including phenoxy) is 1. The Kier molecular flexibility index (Phi) is 1.70. The average molecular weight is 123 g/mol. The molecule has 1 aromatic carbocycles. The number of rotatable bonds is 1. The van der Waals surface area contributed by atoms with Gasteiger partial charge in [-0.15, -0.1) is 0 Å². The van der Waals surface area contributed by atoms with E-state index >= 15 is 0 Å². The minimum Gasteiger partial charge on any atom is -0.497 e. The van der Waals surface area contributed by atoms with Gasteiger partial charge in [0.25, 0.3) is 0 Å². The summed E-state index contributed by atoms with van der Waals surface area (Å²) in [6.07, 6.45) is 0. The van der Waals surface area contributed by atoms with Gasteiger partial charge in [-0.3, -0.25) is 0 Å². The smallest absolute Gasteiger partial charge is 0.177 e. The Morgan fingerprint density at radius 3 is 2.22 bits per heavy atom. The second-order valence-corrected chi connectivity index (χ2v) is 1.77. The zero-order chi connectivity index (χ0) is 6.69. The van der Waals surface area contributed by atoms with Crippen LogP contribution in [0.1, 0.15) is 0 Å². The van der Waals surface area contributed by atoms with Gasteiger partial charge in [0.05, 0.1) is 7.11 Å². The van der Waals surface area contributed by atoms with Crippen molar-refractivity contribution in [3.63, 3.8) is 0 Å². The van der Waals surface area contributed by atoms with Gasteiger partial charge in [-0.1, -0.05) is 0 Å². The molecule has 47 valence electrons. The summed E-state index contributed by atoms with van der Waals surface area (Å²) in [6, 6.07) is 7.27. The van der Waals surface area contributed by atoms with E-state index in [4.69, 9.17) is 10.5 Å². The fourth-order valence-electron chi connectivity index (χ4n) is 0.604. The van der Waals surface area contributed by atoms with Crippen molar-refractivity contribution >= 4 is 5.69 Å². The molecule has 2 heteroatoms. The van der Waals surface area contributed by atoms with E-state index in [1.54, 1.807) is 19.2 Å².